The lowest BCUT2D eigenvalue weighted by atomic mass is 9.80. The van der Waals surface area contributed by atoms with Crippen LogP contribution >= 0.6 is 0 Å². The van der Waals surface area contributed by atoms with Crippen LogP contribution in [0.25, 0.3) is 0 Å². The molecule has 17 heavy (non-hydrogen) atoms. The molecular formula is C16H26O. The SMILES string of the molecule is C=CC(C)(CC)CC(=O)C1=CCCCCCC1. The van der Waals surface area contributed by atoms with Gasteiger partial charge in [0.15, 0.2) is 5.78 Å². The van der Waals surface area contributed by atoms with Gasteiger partial charge in [-0.05, 0) is 43.1 Å². The Labute approximate surface area is 106 Å². The molecule has 1 rings (SSSR count). The van der Waals surface area contributed by atoms with E-state index in [0.29, 0.717) is 12.2 Å². The van der Waals surface area contributed by atoms with Crippen molar-refractivity contribution in [3.8, 4) is 0 Å². The van der Waals surface area contributed by atoms with Gasteiger partial charge in [-0.3, -0.25) is 4.79 Å². The first-order valence-corrected chi connectivity index (χ1v) is 6.97. The third-order valence-corrected chi connectivity index (χ3v) is 4.01. The molecule has 0 N–H and O–H groups in total. The van der Waals surface area contributed by atoms with Gasteiger partial charge in [-0.15, -0.1) is 6.58 Å². The van der Waals surface area contributed by atoms with Gasteiger partial charge in [-0.25, -0.2) is 0 Å². The molecule has 0 radical (unpaired) electrons. The molecule has 0 spiro atoms. The molecular weight excluding hydrogens is 208 g/mol. The summed E-state index contributed by atoms with van der Waals surface area (Å²) in [5, 5.41) is 0. The van der Waals surface area contributed by atoms with Gasteiger partial charge in [0.05, 0.1) is 0 Å². The third kappa shape index (κ3) is 4.49. The topological polar surface area (TPSA) is 17.1 Å². The van der Waals surface area contributed by atoms with Gasteiger partial charge in [-0.2, -0.15) is 0 Å². The molecule has 0 saturated carbocycles. The van der Waals surface area contributed by atoms with Crippen molar-refractivity contribution in [3.05, 3.63) is 24.3 Å². The van der Waals surface area contributed by atoms with Gasteiger partial charge in [0.25, 0.3) is 0 Å². The van der Waals surface area contributed by atoms with Crippen LogP contribution in [0.2, 0.25) is 0 Å². The first-order chi connectivity index (χ1) is 8.11. The van der Waals surface area contributed by atoms with Crippen LogP contribution in [-0.2, 0) is 4.79 Å². The third-order valence-electron chi connectivity index (χ3n) is 4.01. The lowest BCUT2D eigenvalue weighted by Gasteiger charge is -2.23. The molecule has 0 aliphatic heterocycles. The Balaban J connectivity index is 2.64. The maximum absolute atomic E-state index is 12.3. The van der Waals surface area contributed by atoms with E-state index in [9.17, 15) is 4.79 Å². The van der Waals surface area contributed by atoms with Gasteiger partial charge in [0.1, 0.15) is 0 Å². The number of hydrogen-bond donors (Lipinski definition) is 0. The summed E-state index contributed by atoms with van der Waals surface area (Å²) in [7, 11) is 0. The Morgan fingerprint density at radius 1 is 1.41 bits per heavy atom. The van der Waals surface area contributed by atoms with Crippen LogP contribution in [0.4, 0.5) is 0 Å². The average Bonchev–Trinajstić information content (AvgIpc) is 2.28. The van der Waals surface area contributed by atoms with E-state index < -0.39 is 0 Å². The monoisotopic (exact) mass is 234 g/mol. The zero-order valence-electron chi connectivity index (χ0n) is 11.4. The lowest BCUT2D eigenvalue weighted by molar-refractivity contribution is -0.117. The molecule has 1 heteroatoms. The highest BCUT2D eigenvalue weighted by atomic mass is 16.1. The molecule has 0 heterocycles. The Morgan fingerprint density at radius 3 is 2.76 bits per heavy atom. The highest BCUT2D eigenvalue weighted by Gasteiger charge is 2.23. The highest BCUT2D eigenvalue weighted by Crippen LogP contribution is 2.30. The summed E-state index contributed by atoms with van der Waals surface area (Å²) in [6.45, 7) is 8.12. The molecule has 0 bridgehead atoms. The minimum Gasteiger partial charge on any atom is -0.295 e. The number of ketones is 1. The maximum Gasteiger partial charge on any atom is 0.159 e. The van der Waals surface area contributed by atoms with E-state index >= 15 is 0 Å². The Hall–Kier alpha value is -0.850. The zero-order valence-corrected chi connectivity index (χ0v) is 11.4. The standard InChI is InChI=1S/C16H26O/c1-4-16(3,5-2)13-15(17)14-11-9-7-6-8-10-12-14/h4,11H,1,5-10,12-13H2,2-3H3. The fourth-order valence-electron chi connectivity index (χ4n) is 2.27. The van der Waals surface area contributed by atoms with E-state index in [1.807, 2.05) is 6.08 Å². The molecule has 1 aliphatic carbocycles. The fraction of sp³-hybridized carbons (Fsp3) is 0.688. The van der Waals surface area contributed by atoms with Crippen LogP contribution in [0.3, 0.4) is 0 Å². The van der Waals surface area contributed by atoms with Crippen LogP contribution in [0.5, 0.6) is 0 Å². The summed E-state index contributed by atoms with van der Waals surface area (Å²) < 4.78 is 0. The molecule has 0 aromatic carbocycles. The first-order valence-electron chi connectivity index (χ1n) is 6.97. The average molecular weight is 234 g/mol. The van der Waals surface area contributed by atoms with Crippen LogP contribution in [0.15, 0.2) is 24.3 Å². The van der Waals surface area contributed by atoms with Gasteiger partial charge in [0.2, 0.25) is 0 Å². The minimum atomic E-state index is -0.0275. The smallest absolute Gasteiger partial charge is 0.159 e. The second-order valence-corrected chi connectivity index (χ2v) is 5.49. The Bertz CT molecular complexity index is 301. The lowest BCUT2D eigenvalue weighted by Crippen LogP contribution is -2.18. The van der Waals surface area contributed by atoms with Crippen molar-refractivity contribution in [1.29, 1.82) is 0 Å². The molecule has 1 atom stereocenters. The molecule has 1 aliphatic rings. The minimum absolute atomic E-state index is 0.0275. The van der Waals surface area contributed by atoms with Crippen LogP contribution in [0.1, 0.15) is 65.2 Å². The van der Waals surface area contributed by atoms with Crippen molar-refractivity contribution in [3.63, 3.8) is 0 Å². The number of hydrogen-bond acceptors (Lipinski definition) is 1. The second kappa shape index (κ2) is 6.78. The van der Waals surface area contributed by atoms with Crippen LogP contribution in [-0.4, -0.2) is 5.78 Å². The van der Waals surface area contributed by atoms with Crippen molar-refractivity contribution in [2.45, 2.75) is 65.2 Å². The zero-order chi connectivity index (χ0) is 12.7. The summed E-state index contributed by atoms with van der Waals surface area (Å²) >= 11 is 0. The molecule has 96 valence electrons. The molecule has 0 aromatic rings. The predicted molar refractivity (Wildman–Crippen MR) is 74.0 cm³/mol. The first kappa shape index (κ1) is 14.2. The number of carbonyl (C=O) groups is 1. The molecule has 1 unspecified atom stereocenters. The van der Waals surface area contributed by atoms with E-state index in [-0.39, 0.29) is 5.41 Å². The van der Waals surface area contributed by atoms with E-state index in [4.69, 9.17) is 0 Å². The summed E-state index contributed by atoms with van der Waals surface area (Å²) in [5.41, 5.74) is 1.05. The number of allylic oxidation sites excluding steroid dienone is 3. The van der Waals surface area contributed by atoms with E-state index in [2.05, 4.69) is 26.5 Å². The van der Waals surface area contributed by atoms with Crippen molar-refractivity contribution in [2.24, 2.45) is 5.41 Å². The molecule has 1 nitrogen and oxygen atoms in total. The van der Waals surface area contributed by atoms with E-state index in [0.717, 1.165) is 24.8 Å². The summed E-state index contributed by atoms with van der Waals surface area (Å²) in [5.74, 6) is 0.344. The molecule has 0 saturated heterocycles. The van der Waals surface area contributed by atoms with Gasteiger partial charge < -0.3 is 0 Å². The Morgan fingerprint density at radius 2 is 2.12 bits per heavy atom. The van der Waals surface area contributed by atoms with E-state index in [1.54, 1.807) is 0 Å². The summed E-state index contributed by atoms with van der Waals surface area (Å²) in [4.78, 5) is 12.3. The van der Waals surface area contributed by atoms with Gasteiger partial charge in [-0.1, -0.05) is 38.8 Å². The fourth-order valence-corrected chi connectivity index (χ4v) is 2.27. The molecule has 0 aromatic heterocycles. The number of rotatable bonds is 5. The van der Waals surface area contributed by atoms with Crippen molar-refractivity contribution in [2.75, 3.05) is 0 Å². The number of Topliss-reactive ketones (excluding diaryl/α,β-unsaturated/α-hetero) is 1. The van der Waals surface area contributed by atoms with E-state index in [1.165, 1.54) is 25.7 Å². The highest BCUT2D eigenvalue weighted by molar-refractivity contribution is 5.95. The Kier molecular flexibility index (Phi) is 5.67. The summed E-state index contributed by atoms with van der Waals surface area (Å²) in [6, 6.07) is 0. The maximum atomic E-state index is 12.3. The van der Waals surface area contributed by atoms with Crippen molar-refractivity contribution in [1.82, 2.24) is 0 Å². The second-order valence-electron chi connectivity index (χ2n) is 5.49. The van der Waals surface area contributed by atoms with Gasteiger partial charge in [0, 0.05) is 6.42 Å². The van der Waals surface area contributed by atoms with Crippen LogP contribution < -0.4 is 0 Å². The molecule has 0 amide bonds. The molecule has 0 fully saturated rings. The van der Waals surface area contributed by atoms with Crippen LogP contribution in [0, 0.1) is 5.41 Å². The largest absolute Gasteiger partial charge is 0.295 e. The number of carbonyl (C=O) groups excluding carboxylic acids is 1. The van der Waals surface area contributed by atoms with Crippen molar-refractivity contribution < 1.29 is 4.79 Å². The normalized spacial score (nSPS) is 20.7. The quantitative estimate of drug-likeness (QED) is 0.623. The van der Waals surface area contributed by atoms with Gasteiger partial charge >= 0.3 is 0 Å². The summed E-state index contributed by atoms with van der Waals surface area (Å²) in [6.07, 6.45) is 12.8. The van der Waals surface area contributed by atoms with Crippen molar-refractivity contribution >= 4 is 5.78 Å². The predicted octanol–water partition coefficient (Wildman–Crippen LogP) is 4.83.